The van der Waals surface area contributed by atoms with Crippen LogP contribution < -0.4 is 0 Å². The second-order valence-electron chi connectivity index (χ2n) is 3.16. The molecule has 0 aromatic rings. The molecule has 76 valence electrons. The zero-order valence-corrected chi connectivity index (χ0v) is 9.34. The van der Waals surface area contributed by atoms with Crippen LogP contribution in [-0.4, -0.2) is 54.6 Å². The lowest BCUT2D eigenvalue weighted by molar-refractivity contribution is -0.137. The van der Waals surface area contributed by atoms with Crippen molar-refractivity contribution >= 4 is 24.4 Å². The summed E-state index contributed by atoms with van der Waals surface area (Å²) in [5.74, 6) is -0.233. The molecule has 0 aromatic carbocycles. The zero-order chi connectivity index (χ0) is 10.6. The molecule has 4 nitrogen and oxygen atoms in total. The van der Waals surface area contributed by atoms with E-state index >= 15 is 0 Å². The van der Waals surface area contributed by atoms with Crippen molar-refractivity contribution < 1.29 is 9.59 Å². The van der Waals surface area contributed by atoms with Crippen molar-refractivity contribution in [3.63, 3.8) is 0 Å². The van der Waals surface area contributed by atoms with Gasteiger partial charge in [0.05, 0.1) is 11.8 Å². The second-order valence-corrected chi connectivity index (χ2v) is 3.93. The highest BCUT2D eigenvalue weighted by molar-refractivity contribution is 7.81. The normalized spacial score (nSPS) is 12.1. The summed E-state index contributed by atoms with van der Waals surface area (Å²) < 4.78 is 0. The van der Waals surface area contributed by atoms with E-state index in [-0.39, 0.29) is 23.6 Å². The van der Waals surface area contributed by atoms with Crippen molar-refractivity contribution in [2.75, 3.05) is 27.7 Å². The van der Waals surface area contributed by atoms with Crippen LogP contribution in [0.3, 0.4) is 0 Å². The molecule has 0 rings (SSSR count). The number of thiol groups is 1. The van der Waals surface area contributed by atoms with Crippen LogP contribution >= 0.6 is 12.6 Å². The van der Waals surface area contributed by atoms with E-state index in [9.17, 15) is 9.59 Å². The van der Waals surface area contributed by atoms with E-state index in [0.717, 1.165) is 0 Å². The van der Waals surface area contributed by atoms with Gasteiger partial charge in [-0.2, -0.15) is 12.6 Å². The Labute approximate surface area is 84.3 Å². The minimum Gasteiger partial charge on any atom is -0.347 e. The van der Waals surface area contributed by atoms with Crippen molar-refractivity contribution in [2.24, 2.45) is 0 Å². The lowest BCUT2D eigenvalue weighted by Gasteiger charge is -2.20. The first-order valence-electron chi connectivity index (χ1n) is 3.99. The SMILES string of the molecule is CC(S)C(=O)N(C)CC(=O)N(C)C. The van der Waals surface area contributed by atoms with Gasteiger partial charge >= 0.3 is 0 Å². The van der Waals surface area contributed by atoms with Gasteiger partial charge in [0.1, 0.15) is 0 Å². The van der Waals surface area contributed by atoms with Crippen LogP contribution in [0, 0.1) is 0 Å². The molecule has 0 N–H and O–H groups in total. The summed E-state index contributed by atoms with van der Waals surface area (Å²) in [6.07, 6.45) is 0. The Balaban J connectivity index is 4.08. The third kappa shape index (κ3) is 4.17. The highest BCUT2D eigenvalue weighted by atomic mass is 32.1. The van der Waals surface area contributed by atoms with E-state index in [1.165, 1.54) is 9.80 Å². The number of carbonyl (C=O) groups excluding carboxylic acids is 2. The molecule has 0 fully saturated rings. The van der Waals surface area contributed by atoms with Gasteiger partial charge < -0.3 is 9.80 Å². The van der Waals surface area contributed by atoms with E-state index in [1.54, 1.807) is 28.1 Å². The predicted octanol–water partition coefficient (Wildman–Crippen LogP) is -0.149. The zero-order valence-electron chi connectivity index (χ0n) is 8.44. The first-order chi connectivity index (χ1) is 5.86. The number of amides is 2. The Bertz CT molecular complexity index is 204. The molecule has 0 aliphatic heterocycles. The predicted molar refractivity (Wildman–Crippen MR) is 54.8 cm³/mol. The Morgan fingerprint density at radius 2 is 1.77 bits per heavy atom. The largest absolute Gasteiger partial charge is 0.347 e. The van der Waals surface area contributed by atoms with Gasteiger partial charge in [0, 0.05) is 21.1 Å². The topological polar surface area (TPSA) is 40.6 Å². The molecular formula is C8H16N2O2S. The highest BCUT2D eigenvalue weighted by Crippen LogP contribution is 1.98. The average molecular weight is 204 g/mol. The van der Waals surface area contributed by atoms with Gasteiger partial charge in [0.25, 0.3) is 0 Å². The quantitative estimate of drug-likeness (QED) is 0.650. The van der Waals surface area contributed by atoms with Crippen LogP contribution in [0.1, 0.15) is 6.92 Å². The van der Waals surface area contributed by atoms with E-state index < -0.39 is 0 Å². The monoisotopic (exact) mass is 204 g/mol. The first kappa shape index (κ1) is 12.3. The van der Waals surface area contributed by atoms with Gasteiger partial charge in [0.15, 0.2) is 0 Å². The Kier molecular flexibility index (Phi) is 4.83. The summed E-state index contributed by atoms with van der Waals surface area (Å²) in [5.41, 5.74) is 0. The van der Waals surface area contributed by atoms with E-state index in [2.05, 4.69) is 12.6 Å². The summed E-state index contributed by atoms with van der Waals surface area (Å²) in [4.78, 5) is 25.3. The number of nitrogens with zero attached hydrogens (tertiary/aromatic N) is 2. The van der Waals surface area contributed by atoms with Crippen LogP contribution in [0.4, 0.5) is 0 Å². The smallest absolute Gasteiger partial charge is 0.241 e. The summed E-state index contributed by atoms with van der Waals surface area (Å²) in [5, 5.41) is -0.361. The van der Waals surface area contributed by atoms with Crippen LogP contribution in [0.5, 0.6) is 0 Å². The van der Waals surface area contributed by atoms with Crippen LogP contribution in [0.25, 0.3) is 0 Å². The number of likely N-dealkylation sites (N-methyl/N-ethyl adjacent to an activating group) is 2. The number of hydrogen-bond donors (Lipinski definition) is 1. The number of hydrogen-bond acceptors (Lipinski definition) is 3. The van der Waals surface area contributed by atoms with Crippen LogP contribution in [0.2, 0.25) is 0 Å². The first-order valence-corrected chi connectivity index (χ1v) is 4.51. The molecule has 0 saturated carbocycles. The van der Waals surface area contributed by atoms with E-state index in [4.69, 9.17) is 0 Å². The van der Waals surface area contributed by atoms with E-state index in [0.29, 0.717) is 0 Å². The van der Waals surface area contributed by atoms with Gasteiger partial charge in [0.2, 0.25) is 11.8 Å². The van der Waals surface area contributed by atoms with Crippen molar-refractivity contribution in [1.82, 2.24) is 9.80 Å². The van der Waals surface area contributed by atoms with Crippen molar-refractivity contribution in [1.29, 1.82) is 0 Å². The molecule has 0 spiro atoms. The van der Waals surface area contributed by atoms with Gasteiger partial charge in [-0.1, -0.05) is 0 Å². The Morgan fingerprint density at radius 3 is 2.08 bits per heavy atom. The summed E-state index contributed by atoms with van der Waals surface area (Å²) in [6, 6.07) is 0. The van der Waals surface area contributed by atoms with Crippen LogP contribution in [0.15, 0.2) is 0 Å². The van der Waals surface area contributed by atoms with Crippen molar-refractivity contribution in [3.8, 4) is 0 Å². The molecule has 0 aromatic heterocycles. The molecule has 0 bridgehead atoms. The fourth-order valence-electron chi connectivity index (χ4n) is 0.741. The molecule has 0 heterocycles. The lowest BCUT2D eigenvalue weighted by atomic mass is 10.4. The van der Waals surface area contributed by atoms with Gasteiger partial charge in [-0.15, -0.1) is 0 Å². The second kappa shape index (κ2) is 5.11. The third-order valence-corrected chi connectivity index (χ3v) is 1.83. The number of carbonyl (C=O) groups is 2. The maximum absolute atomic E-state index is 11.3. The summed E-state index contributed by atoms with van der Waals surface area (Å²) in [6.45, 7) is 1.79. The highest BCUT2D eigenvalue weighted by Gasteiger charge is 2.16. The molecule has 0 aliphatic carbocycles. The summed E-state index contributed by atoms with van der Waals surface area (Å²) >= 11 is 3.99. The average Bonchev–Trinajstić information content (AvgIpc) is 2.02. The molecule has 5 heteroatoms. The van der Waals surface area contributed by atoms with E-state index in [1.807, 2.05) is 0 Å². The Morgan fingerprint density at radius 1 is 1.31 bits per heavy atom. The standard InChI is InChI=1S/C8H16N2O2S/c1-6(13)8(12)10(4)5-7(11)9(2)3/h6,13H,5H2,1-4H3. The maximum atomic E-state index is 11.3. The van der Waals surface area contributed by atoms with Gasteiger partial charge in [-0.3, -0.25) is 9.59 Å². The third-order valence-electron chi connectivity index (χ3n) is 1.60. The molecule has 0 radical (unpaired) electrons. The molecule has 0 saturated heterocycles. The fourth-order valence-corrected chi connectivity index (χ4v) is 0.938. The van der Waals surface area contributed by atoms with Gasteiger partial charge in [-0.25, -0.2) is 0 Å². The lowest BCUT2D eigenvalue weighted by Crippen LogP contribution is -2.40. The summed E-state index contributed by atoms with van der Waals surface area (Å²) in [7, 11) is 4.91. The molecule has 2 amide bonds. The number of rotatable bonds is 3. The molecule has 1 atom stereocenters. The van der Waals surface area contributed by atoms with Crippen molar-refractivity contribution in [2.45, 2.75) is 12.2 Å². The van der Waals surface area contributed by atoms with Gasteiger partial charge in [-0.05, 0) is 6.92 Å². The molecule has 1 unspecified atom stereocenters. The molecule has 0 aliphatic rings. The molecule has 13 heavy (non-hydrogen) atoms. The minimum absolute atomic E-state index is 0.0927. The maximum Gasteiger partial charge on any atom is 0.241 e. The molecular weight excluding hydrogens is 188 g/mol. The van der Waals surface area contributed by atoms with Crippen molar-refractivity contribution in [3.05, 3.63) is 0 Å². The minimum atomic E-state index is -0.361. The fraction of sp³-hybridized carbons (Fsp3) is 0.750. The Hall–Kier alpha value is -0.710. The van der Waals surface area contributed by atoms with Crippen LogP contribution in [-0.2, 0) is 9.59 Å².